The van der Waals surface area contributed by atoms with E-state index in [-0.39, 0.29) is 0 Å². The van der Waals surface area contributed by atoms with Crippen LogP contribution in [0.2, 0.25) is 0 Å². The molecule has 0 bridgehead atoms. The molecule has 0 fully saturated rings. The lowest BCUT2D eigenvalue weighted by molar-refractivity contribution is -0.117. The van der Waals surface area contributed by atoms with Crippen LogP contribution < -0.4 is 0 Å². The average Bonchev–Trinajstić information content (AvgIpc) is 2.14. The van der Waals surface area contributed by atoms with E-state index in [1.807, 2.05) is 0 Å². The third-order valence-electron chi connectivity index (χ3n) is 3.08. The van der Waals surface area contributed by atoms with Gasteiger partial charge in [0.2, 0.25) is 0 Å². The van der Waals surface area contributed by atoms with Gasteiger partial charge in [0.25, 0.3) is 0 Å². The van der Waals surface area contributed by atoms with E-state index < -0.39 is 0 Å². The van der Waals surface area contributed by atoms with E-state index >= 15 is 0 Å². The number of rotatable bonds is 8. The topological polar surface area (TPSA) is 17.1 Å². The Hall–Kier alpha value is -0.330. The fourth-order valence-electron chi connectivity index (χ4n) is 1.61. The molecule has 0 aliphatic carbocycles. The highest BCUT2D eigenvalue weighted by molar-refractivity contribution is 5.75. The highest BCUT2D eigenvalue weighted by Gasteiger charge is 2.05. The molecule has 0 aromatic heterocycles. The summed E-state index contributed by atoms with van der Waals surface area (Å²) in [6.07, 6.45) is 7.11. The molecule has 14 heavy (non-hydrogen) atoms. The number of carbonyl (C=O) groups excluding carboxylic acids is 1. The van der Waals surface area contributed by atoms with E-state index in [1.165, 1.54) is 25.7 Å². The van der Waals surface area contributed by atoms with Crippen LogP contribution in [0.15, 0.2) is 0 Å². The molecule has 0 unspecified atom stereocenters. The lowest BCUT2D eigenvalue weighted by Gasteiger charge is -2.12. The van der Waals surface area contributed by atoms with E-state index in [1.54, 1.807) is 6.92 Å². The van der Waals surface area contributed by atoms with E-state index in [4.69, 9.17) is 0 Å². The van der Waals surface area contributed by atoms with Crippen LogP contribution in [-0.4, -0.2) is 5.78 Å². The van der Waals surface area contributed by atoms with Crippen LogP contribution in [0, 0.1) is 11.8 Å². The summed E-state index contributed by atoms with van der Waals surface area (Å²) < 4.78 is 0. The summed E-state index contributed by atoms with van der Waals surface area (Å²) in [4.78, 5) is 10.8. The number of ketones is 1. The summed E-state index contributed by atoms with van der Waals surface area (Å²) in [6.45, 7) is 8.52. The van der Waals surface area contributed by atoms with Crippen LogP contribution in [0.25, 0.3) is 0 Å². The lowest BCUT2D eigenvalue weighted by Crippen LogP contribution is -2.00. The summed E-state index contributed by atoms with van der Waals surface area (Å²) >= 11 is 0. The Labute approximate surface area is 89.3 Å². The molecule has 0 saturated heterocycles. The normalized spacial score (nSPS) is 15.1. The molecule has 0 N–H and O–H groups in total. The Morgan fingerprint density at radius 1 is 1.07 bits per heavy atom. The second-order valence-electron chi connectivity index (χ2n) is 4.79. The van der Waals surface area contributed by atoms with Crippen molar-refractivity contribution in [2.75, 3.05) is 0 Å². The van der Waals surface area contributed by atoms with Crippen molar-refractivity contribution in [2.24, 2.45) is 11.8 Å². The zero-order valence-corrected chi connectivity index (χ0v) is 10.3. The quantitative estimate of drug-likeness (QED) is 0.571. The molecule has 84 valence electrons. The van der Waals surface area contributed by atoms with Gasteiger partial charge in [0.05, 0.1) is 0 Å². The summed E-state index contributed by atoms with van der Waals surface area (Å²) in [5.41, 5.74) is 0. The third-order valence-corrected chi connectivity index (χ3v) is 3.08. The molecule has 0 aromatic carbocycles. The van der Waals surface area contributed by atoms with Gasteiger partial charge in [-0.2, -0.15) is 0 Å². The zero-order valence-electron chi connectivity index (χ0n) is 10.3. The minimum Gasteiger partial charge on any atom is -0.300 e. The van der Waals surface area contributed by atoms with Gasteiger partial charge in [-0.3, -0.25) is 0 Å². The number of carbonyl (C=O) groups is 1. The molecule has 0 amide bonds. The second-order valence-corrected chi connectivity index (χ2v) is 4.79. The molecule has 0 aliphatic heterocycles. The predicted octanol–water partition coefficient (Wildman–Crippen LogP) is 4.21. The van der Waals surface area contributed by atoms with Crippen molar-refractivity contribution in [2.45, 2.75) is 66.2 Å². The molecule has 1 nitrogen and oxygen atoms in total. The maximum Gasteiger partial charge on any atom is 0.129 e. The van der Waals surface area contributed by atoms with Crippen molar-refractivity contribution in [1.82, 2.24) is 0 Å². The van der Waals surface area contributed by atoms with Crippen LogP contribution in [-0.2, 0) is 4.79 Å². The Kier molecular flexibility index (Phi) is 7.83. The number of hydrogen-bond donors (Lipinski definition) is 0. The summed E-state index contributed by atoms with van der Waals surface area (Å²) in [7, 11) is 0. The van der Waals surface area contributed by atoms with Gasteiger partial charge < -0.3 is 4.79 Å². The van der Waals surface area contributed by atoms with Crippen molar-refractivity contribution in [3.05, 3.63) is 0 Å². The predicted molar refractivity (Wildman–Crippen MR) is 62.4 cm³/mol. The number of Topliss-reactive ketones (excluding diaryl/α,β-unsaturated/α-hetero) is 1. The van der Waals surface area contributed by atoms with E-state index in [2.05, 4.69) is 20.8 Å². The van der Waals surface area contributed by atoms with Gasteiger partial charge in [0.1, 0.15) is 5.78 Å². The van der Waals surface area contributed by atoms with E-state index in [0.29, 0.717) is 5.78 Å². The van der Waals surface area contributed by atoms with Crippen LogP contribution in [0.5, 0.6) is 0 Å². The van der Waals surface area contributed by atoms with Crippen molar-refractivity contribution in [1.29, 1.82) is 0 Å². The van der Waals surface area contributed by atoms with E-state index in [9.17, 15) is 4.79 Å². The third kappa shape index (κ3) is 8.28. The van der Waals surface area contributed by atoms with Gasteiger partial charge in [-0.25, -0.2) is 0 Å². The van der Waals surface area contributed by atoms with Crippen molar-refractivity contribution in [3.63, 3.8) is 0 Å². The minimum atomic E-state index is 0.332. The average molecular weight is 198 g/mol. The first-order chi connectivity index (χ1) is 6.56. The fourth-order valence-corrected chi connectivity index (χ4v) is 1.61. The largest absolute Gasteiger partial charge is 0.300 e. The maximum atomic E-state index is 10.8. The van der Waals surface area contributed by atoms with Crippen LogP contribution in [0.1, 0.15) is 66.2 Å². The molecule has 2 atom stereocenters. The van der Waals surface area contributed by atoms with Gasteiger partial charge in [-0.05, 0) is 25.2 Å². The second kappa shape index (κ2) is 8.02. The van der Waals surface area contributed by atoms with E-state index in [0.717, 1.165) is 24.7 Å². The Morgan fingerprint density at radius 2 is 1.64 bits per heavy atom. The summed E-state index contributed by atoms with van der Waals surface area (Å²) in [5, 5.41) is 0. The van der Waals surface area contributed by atoms with Gasteiger partial charge in [-0.1, -0.05) is 46.5 Å². The van der Waals surface area contributed by atoms with Gasteiger partial charge in [0.15, 0.2) is 0 Å². The minimum absolute atomic E-state index is 0.332. The first kappa shape index (κ1) is 13.7. The van der Waals surface area contributed by atoms with Gasteiger partial charge in [0, 0.05) is 6.42 Å². The summed E-state index contributed by atoms with van der Waals surface area (Å²) in [6, 6.07) is 0. The molecule has 0 aliphatic rings. The molecule has 1 heteroatoms. The molecule has 0 heterocycles. The van der Waals surface area contributed by atoms with Crippen molar-refractivity contribution < 1.29 is 4.79 Å². The molecule has 0 rings (SSSR count). The highest BCUT2D eigenvalue weighted by atomic mass is 16.1. The van der Waals surface area contributed by atoms with Crippen LogP contribution >= 0.6 is 0 Å². The first-order valence-electron chi connectivity index (χ1n) is 6.05. The molecule has 0 spiro atoms. The smallest absolute Gasteiger partial charge is 0.129 e. The van der Waals surface area contributed by atoms with Gasteiger partial charge in [-0.15, -0.1) is 0 Å². The molecular weight excluding hydrogens is 172 g/mol. The van der Waals surface area contributed by atoms with Crippen molar-refractivity contribution in [3.8, 4) is 0 Å². The van der Waals surface area contributed by atoms with Gasteiger partial charge >= 0.3 is 0 Å². The molecule has 0 saturated carbocycles. The maximum absolute atomic E-state index is 10.8. The fraction of sp³-hybridized carbons (Fsp3) is 0.923. The standard InChI is InChI=1S/C13H26O/c1-5-11(2)7-6-8-12(3)9-10-13(4)14/h11-12H,5-10H2,1-4H3/t11-,12+/m0/s1. The lowest BCUT2D eigenvalue weighted by atomic mass is 9.94. The summed E-state index contributed by atoms with van der Waals surface area (Å²) in [5.74, 6) is 1.93. The monoisotopic (exact) mass is 198 g/mol. The van der Waals surface area contributed by atoms with Crippen LogP contribution in [0.4, 0.5) is 0 Å². The van der Waals surface area contributed by atoms with Crippen LogP contribution in [0.3, 0.4) is 0 Å². The Morgan fingerprint density at radius 3 is 2.14 bits per heavy atom. The molecular formula is C13H26O. The Bertz CT molecular complexity index is 151. The molecule has 0 aromatic rings. The first-order valence-corrected chi connectivity index (χ1v) is 6.05. The van der Waals surface area contributed by atoms with Crippen molar-refractivity contribution >= 4 is 5.78 Å². The highest BCUT2D eigenvalue weighted by Crippen LogP contribution is 2.18. The Balaban J connectivity index is 3.35. The zero-order chi connectivity index (χ0) is 11.0. The SMILES string of the molecule is CC[C@H](C)CCC[C@@H](C)CCC(C)=O. The number of hydrogen-bond acceptors (Lipinski definition) is 1. The molecule has 0 radical (unpaired) electrons.